The van der Waals surface area contributed by atoms with Gasteiger partial charge in [-0.25, -0.2) is 0 Å². The van der Waals surface area contributed by atoms with Crippen molar-refractivity contribution in [2.24, 2.45) is 0 Å². The number of benzene rings is 2. The van der Waals surface area contributed by atoms with E-state index in [1.165, 1.54) is 14.2 Å². The van der Waals surface area contributed by atoms with E-state index in [2.05, 4.69) is 0 Å². The van der Waals surface area contributed by atoms with Gasteiger partial charge < -0.3 is 29.2 Å². The molecular weight excluding hydrogens is 312 g/mol. The molecule has 2 N–H and O–H groups in total. The number of methoxy groups -OCH3 is 3. The van der Waals surface area contributed by atoms with Crippen molar-refractivity contribution >= 4 is 0 Å². The van der Waals surface area contributed by atoms with Crippen molar-refractivity contribution in [1.82, 2.24) is 0 Å². The van der Waals surface area contributed by atoms with E-state index in [1.807, 2.05) is 0 Å². The molecule has 0 aliphatic rings. The Labute approximate surface area is 141 Å². The summed E-state index contributed by atoms with van der Waals surface area (Å²) in [7, 11) is 4.59. The van der Waals surface area contributed by atoms with Crippen molar-refractivity contribution < 1.29 is 29.2 Å². The smallest absolute Gasteiger partial charge is 0.203 e. The van der Waals surface area contributed by atoms with Crippen molar-refractivity contribution in [3.05, 3.63) is 48.0 Å². The third-order valence-corrected chi connectivity index (χ3v) is 3.64. The number of hydrogen-bond acceptors (Lipinski definition) is 6. The zero-order valence-electron chi connectivity index (χ0n) is 13.9. The molecule has 2 atom stereocenters. The molecule has 2 aromatic rings. The summed E-state index contributed by atoms with van der Waals surface area (Å²) in [6.07, 6.45) is -1.92. The molecular formula is C18H22O6. The summed E-state index contributed by atoms with van der Waals surface area (Å²) in [5.41, 5.74) is 0.601. The number of aliphatic hydroxyl groups is 2. The Balaban J connectivity index is 2.25. The van der Waals surface area contributed by atoms with E-state index < -0.39 is 12.2 Å². The van der Waals surface area contributed by atoms with Gasteiger partial charge in [0.05, 0.1) is 27.9 Å². The van der Waals surface area contributed by atoms with Gasteiger partial charge in [0.2, 0.25) is 5.75 Å². The highest BCUT2D eigenvalue weighted by Crippen LogP contribution is 2.38. The number of hydrogen-bond donors (Lipinski definition) is 2. The number of ether oxygens (including phenoxy) is 4. The first-order chi connectivity index (χ1) is 11.6. The highest BCUT2D eigenvalue weighted by Gasteiger charge is 2.25. The van der Waals surface area contributed by atoms with Gasteiger partial charge in [-0.1, -0.05) is 18.2 Å². The summed E-state index contributed by atoms with van der Waals surface area (Å²) < 4.78 is 21.4. The van der Waals surface area contributed by atoms with Crippen molar-refractivity contribution in [1.29, 1.82) is 0 Å². The predicted octanol–water partition coefficient (Wildman–Crippen LogP) is 2.19. The van der Waals surface area contributed by atoms with Gasteiger partial charge in [-0.2, -0.15) is 0 Å². The van der Waals surface area contributed by atoms with E-state index in [9.17, 15) is 10.2 Å². The van der Waals surface area contributed by atoms with Crippen LogP contribution in [0.2, 0.25) is 0 Å². The summed E-state index contributed by atoms with van der Waals surface area (Å²) in [5, 5.41) is 20.2. The SMILES string of the molecule is COc1ccc(C(O)C(CO)Oc2c(OC)cccc2OC)cc1. The Morgan fingerprint density at radius 1 is 0.875 bits per heavy atom. The van der Waals surface area contributed by atoms with Crippen LogP contribution in [0.5, 0.6) is 23.0 Å². The van der Waals surface area contributed by atoms with Crippen molar-refractivity contribution in [3.8, 4) is 23.0 Å². The Bertz CT molecular complexity index is 618. The minimum atomic E-state index is -1.03. The molecule has 0 amide bonds. The van der Waals surface area contributed by atoms with E-state index in [4.69, 9.17) is 18.9 Å². The molecule has 0 radical (unpaired) electrons. The van der Waals surface area contributed by atoms with Crippen LogP contribution >= 0.6 is 0 Å². The maximum Gasteiger partial charge on any atom is 0.203 e. The fourth-order valence-electron chi connectivity index (χ4n) is 2.30. The normalized spacial score (nSPS) is 13.0. The highest BCUT2D eigenvalue weighted by molar-refractivity contribution is 5.51. The Kier molecular flexibility index (Phi) is 6.28. The zero-order chi connectivity index (χ0) is 17.5. The standard InChI is InChI=1S/C18H22O6/c1-21-13-9-7-12(8-10-13)17(20)16(11-19)24-18-14(22-2)5-4-6-15(18)23-3/h4-10,16-17,19-20H,11H2,1-3H3. The van der Waals surface area contributed by atoms with E-state index in [0.29, 0.717) is 28.6 Å². The molecule has 2 unspecified atom stereocenters. The molecule has 0 bridgehead atoms. The molecule has 0 aliphatic carbocycles. The van der Waals surface area contributed by atoms with E-state index in [-0.39, 0.29) is 6.61 Å². The number of para-hydroxylation sites is 1. The van der Waals surface area contributed by atoms with Crippen LogP contribution in [0, 0.1) is 0 Å². The quantitative estimate of drug-likeness (QED) is 0.770. The van der Waals surface area contributed by atoms with Crippen LogP contribution in [0.15, 0.2) is 42.5 Å². The van der Waals surface area contributed by atoms with Gasteiger partial charge in [0.1, 0.15) is 11.9 Å². The molecule has 2 rings (SSSR count). The molecule has 0 saturated carbocycles. The van der Waals surface area contributed by atoms with E-state index >= 15 is 0 Å². The maximum atomic E-state index is 10.5. The molecule has 24 heavy (non-hydrogen) atoms. The van der Waals surface area contributed by atoms with Crippen molar-refractivity contribution in [3.63, 3.8) is 0 Å². The van der Waals surface area contributed by atoms with Crippen LogP contribution in [-0.4, -0.2) is 44.3 Å². The molecule has 0 fully saturated rings. The predicted molar refractivity (Wildman–Crippen MR) is 89.0 cm³/mol. The maximum absolute atomic E-state index is 10.5. The third-order valence-electron chi connectivity index (χ3n) is 3.64. The van der Waals surface area contributed by atoms with Gasteiger partial charge >= 0.3 is 0 Å². The van der Waals surface area contributed by atoms with Crippen LogP contribution in [-0.2, 0) is 0 Å². The molecule has 130 valence electrons. The van der Waals surface area contributed by atoms with Crippen LogP contribution in [0.3, 0.4) is 0 Å². The lowest BCUT2D eigenvalue weighted by atomic mass is 10.0. The van der Waals surface area contributed by atoms with Crippen molar-refractivity contribution in [2.75, 3.05) is 27.9 Å². The third kappa shape index (κ3) is 3.90. The topological polar surface area (TPSA) is 77.4 Å². The molecule has 6 heteroatoms. The molecule has 0 aliphatic heterocycles. The van der Waals surface area contributed by atoms with E-state index in [0.717, 1.165) is 0 Å². The average Bonchev–Trinajstić information content (AvgIpc) is 2.65. The lowest BCUT2D eigenvalue weighted by Crippen LogP contribution is -2.29. The minimum Gasteiger partial charge on any atom is -0.497 e. The van der Waals surface area contributed by atoms with Gasteiger partial charge in [-0.3, -0.25) is 0 Å². The molecule has 2 aromatic carbocycles. The largest absolute Gasteiger partial charge is 0.497 e. The number of aliphatic hydroxyl groups excluding tert-OH is 2. The summed E-state index contributed by atoms with van der Waals surface area (Å²) in [5.74, 6) is 1.91. The summed E-state index contributed by atoms with van der Waals surface area (Å²) >= 11 is 0. The molecule has 6 nitrogen and oxygen atoms in total. The highest BCUT2D eigenvalue weighted by atomic mass is 16.6. The van der Waals surface area contributed by atoms with Gasteiger partial charge in [0.25, 0.3) is 0 Å². The molecule has 0 aromatic heterocycles. The Hall–Kier alpha value is -2.44. The van der Waals surface area contributed by atoms with Crippen LogP contribution < -0.4 is 18.9 Å². The monoisotopic (exact) mass is 334 g/mol. The molecule has 0 heterocycles. The Morgan fingerprint density at radius 3 is 1.92 bits per heavy atom. The summed E-state index contributed by atoms with van der Waals surface area (Å²) in [6, 6.07) is 12.1. The van der Waals surface area contributed by atoms with Crippen LogP contribution in [0.4, 0.5) is 0 Å². The average molecular weight is 334 g/mol. The van der Waals surface area contributed by atoms with E-state index in [1.54, 1.807) is 49.6 Å². The summed E-state index contributed by atoms with van der Waals surface area (Å²) in [6.45, 7) is -0.381. The fourth-order valence-corrected chi connectivity index (χ4v) is 2.30. The van der Waals surface area contributed by atoms with Crippen LogP contribution in [0.1, 0.15) is 11.7 Å². The second-order valence-corrected chi connectivity index (χ2v) is 5.05. The lowest BCUT2D eigenvalue weighted by molar-refractivity contribution is -0.00165. The van der Waals surface area contributed by atoms with Crippen LogP contribution in [0.25, 0.3) is 0 Å². The van der Waals surface area contributed by atoms with Gasteiger partial charge in [-0.05, 0) is 29.8 Å². The summed E-state index contributed by atoms with van der Waals surface area (Å²) in [4.78, 5) is 0. The lowest BCUT2D eigenvalue weighted by Gasteiger charge is -2.24. The fraction of sp³-hybridized carbons (Fsp3) is 0.333. The number of rotatable bonds is 8. The second kappa shape index (κ2) is 8.42. The first-order valence-corrected chi connectivity index (χ1v) is 7.45. The minimum absolute atomic E-state index is 0.328. The molecule has 0 spiro atoms. The second-order valence-electron chi connectivity index (χ2n) is 5.05. The molecule has 0 saturated heterocycles. The zero-order valence-corrected chi connectivity index (χ0v) is 13.9. The first kappa shape index (κ1) is 17.9. The van der Waals surface area contributed by atoms with Gasteiger partial charge in [0, 0.05) is 0 Å². The first-order valence-electron chi connectivity index (χ1n) is 7.45. The Morgan fingerprint density at radius 2 is 1.46 bits per heavy atom. The van der Waals surface area contributed by atoms with Gasteiger partial charge in [0.15, 0.2) is 17.6 Å². The van der Waals surface area contributed by atoms with Gasteiger partial charge in [-0.15, -0.1) is 0 Å². The van der Waals surface area contributed by atoms with Crippen molar-refractivity contribution in [2.45, 2.75) is 12.2 Å².